The van der Waals surface area contributed by atoms with Crippen LogP contribution < -0.4 is 0 Å². The maximum Gasteiger partial charge on any atom is 0.293 e. The third kappa shape index (κ3) is 2.47. The van der Waals surface area contributed by atoms with Crippen LogP contribution in [0.3, 0.4) is 0 Å². The van der Waals surface area contributed by atoms with Crippen molar-refractivity contribution in [1.29, 1.82) is 0 Å². The molecule has 0 aliphatic carbocycles. The van der Waals surface area contributed by atoms with E-state index >= 15 is 0 Å². The zero-order valence-corrected chi connectivity index (χ0v) is 11.3. The summed E-state index contributed by atoms with van der Waals surface area (Å²) in [5.41, 5.74) is 2.52. The highest BCUT2D eigenvalue weighted by molar-refractivity contribution is 5.91. The molecule has 0 atom stereocenters. The van der Waals surface area contributed by atoms with Gasteiger partial charge in [-0.1, -0.05) is 36.4 Å². The summed E-state index contributed by atoms with van der Waals surface area (Å²) in [4.78, 5) is 18.1. The molecule has 1 amide bonds. The molecule has 1 aliphatic rings. The first-order valence-corrected chi connectivity index (χ1v) is 6.67. The molecule has 1 aromatic carbocycles. The molecule has 102 valence electrons. The van der Waals surface area contributed by atoms with Gasteiger partial charge in [0.15, 0.2) is 0 Å². The van der Waals surface area contributed by atoms with Crippen molar-refractivity contribution in [3.05, 3.63) is 53.6 Å². The van der Waals surface area contributed by atoms with Gasteiger partial charge >= 0.3 is 0 Å². The van der Waals surface area contributed by atoms with Gasteiger partial charge in [-0.2, -0.15) is 0 Å². The number of nitrogens with zero attached hydrogens (tertiary/aromatic N) is 3. The average molecular weight is 268 g/mol. The minimum atomic E-state index is -0.113. The van der Waals surface area contributed by atoms with E-state index in [2.05, 4.69) is 33.4 Å². The van der Waals surface area contributed by atoms with Crippen LogP contribution in [0.5, 0.6) is 0 Å². The fourth-order valence-corrected chi connectivity index (χ4v) is 2.35. The van der Waals surface area contributed by atoms with Crippen LogP contribution in [-0.2, 0) is 0 Å². The highest BCUT2D eigenvalue weighted by Gasteiger charge is 2.22. The van der Waals surface area contributed by atoms with E-state index in [-0.39, 0.29) is 11.7 Å². The van der Waals surface area contributed by atoms with Gasteiger partial charge in [0, 0.05) is 13.1 Å². The van der Waals surface area contributed by atoms with Gasteiger partial charge in [-0.15, -0.1) is 5.10 Å². The number of rotatable bonds is 2. The van der Waals surface area contributed by atoms with Gasteiger partial charge in [0.2, 0.25) is 5.82 Å². The van der Waals surface area contributed by atoms with Crippen LogP contribution in [0, 0.1) is 6.92 Å². The molecule has 0 fully saturated rings. The standard InChI is InChI=1S/C15H16N4O/c1-11-16-14(18-17-11)15(20)19-9-7-13(8-10-19)12-5-3-2-4-6-12/h2-7H,8-10H2,1H3,(H,16,17,18). The Morgan fingerprint density at radius 1 is 1.30 bits per heavy atom. The number of nitrogens with one attached hydrogen (secondary N) is 1. The molecule has 2 aromatic rings. The number of aryl methyl sites for hydroxylation is 1. The molecule has 0 spiro atoms. The van der Waals surface area contributed by atoms with E-state index in [9.17, 15) is 4.79 Å². The number of H-pyrrole nitrogens is 1. The monoisotopic (exact) mass is 268 g/mol. The fraction of sp³-hybridized carbons (Fsp3) is 0.267. The molecule has 20 heavy (non-hydrogen) atoms. The number of benzene rings is 1. The van der Waals surface area contributed by atoms with Gasteiger partial charge in [0.05, 0.1) is 0 Å². The normalized spacial score (nSPS) is 15.1. The molecular weight excluding hydrogens is 252 g/mol. The molecular formula is C15H16N4O. The second kappa shape index (κ2) is 5.28. The number of aromatic nitrogens is 3. The third-order valence-electron chi connectivity index (χ3n) is 3.43. The first-order valence-electron chi connectivity index (χ1n) is 6.67. The summed E-state index contributed by atoms with van der Waals surface area (Å²) in [6.07, 6.45) is 2.97. The van der Waals surface area contributed by atoms with Crippen molar-refractivity contribution in [1.82, 2.24) is 20.1 Å². The summed E-state index contributed by atoms with van der Waals surface area (Å²) in [6.45, 7) is 3.09. The minimum Gasteiger partial charge on any atom is -0.332 e. The summed E-state index contributed by atoms with van der Waals surface area (Å²) in [5.74, 6) is 0.794. The Morgan fingerprint density at radius 2 is 2.10 bits per heavy atom. The van der Waals surface area contributed by atoms with Crippen LogP contribution >= 0.6 is 0 Å². The SMILES string of the molecule is Cc1nc(C(=O)N2CC=C(c3ccccc3)CC2)n[nH]1. The largest absolute Gasteiger partial charge is 0.332 e. The molecule has 0 unspecified atom stereocenters. The number of carbonyl (C=O) groups excluding carboxylic acids is 1. The highest BCUT2D eigenvalue weighted by atomic mass is 16.2. The van der Waals surface area contributed by atoms with Gasteiger partial charge in [-0.3, -0.25) is 9.89 Å². The van der Waals surface area contributed by atoms with Crippen molar-refractivity contribution < 1.29 is 4.79 Å². The Balaban J connectivity index is 1.72. The van der Waals surface area contributed by atoms with Crippen LogP contribution in [0.15, 0.2) is 36.4 Å². The summed E-state index contributed by atoms with van der Waals surface area (Å²) in [5, 5.41) is 6.62. The summed E-state index contributed by atoms with van der Waals surface area (Å²) in [7, 11) is 0. The maximum absolute atomic E-state index is 12.2. The Hall–Kier alpha value is -2.43. The molecule has 0 bridgehead atoms. The lowest BCUT2D eigenvalue weighted by atomic mass is 9.99. The van der Waals surface area contributed by atoms with E-state index < -0.39 is 0 Å². The molecule has 0 saturated carbocycles. The van der Waals surface area contributed by atoms with Gasteiger partial charge in [0.25, 0.3) is 5.91 Å². The lowest BCUT2D eigenvalue weighted by Gasteiger charge is -2.25. The van der Waals surface area contributed by atoms with Crippen molar-refractivity contribution in [3.63, 3.8) is 0 Å². The number of hydrogen-bond donors (Lipinski definition) is 1. The van der Waals surface area contributed by atoms with Crippen LogP contribution in [0.4, 0.5) is 0 Å². The third-order valence-corrected chi connectivity index (χ3v) is 3.43. The van der Waals surface area contributed by atoms with E-state index in [4.69, 9.17) is 0 Å². The molecule has 0 radical (unpaired) electrons. The summed E-state index contributed by atoms with van der Waals surface area (Å²) in [6, 6.07) is 10.3. The molecule has 1 aromatic heterocycles. The predicted molar refractivity (Wildman–Crippen MR) is 76.1 cm³/mol. The molecule has 1 N–H and O–H groups in total. The van der Waals surface area contributed by atoms with Crippen molar-refractivity contribution in [2.24, 2.45) is 0 Å². The van der Waals surface area contributed by atoms with E-state index in [0.29, 0.717) is 18.9 Å². The molecule has 2 heterocycles. The molecule has 3 rings (SSSR count). The molecule has 5 heteroatoms. The summed E-state index contributed by atoms with van der Waals surface area (Å²) < 4.78 is 0. The fourth-order valence-electron chi connectivity index (χ4n) is 2.35. The zero-order valence-electron chi connectivity index (χ0n) is 11.3. The van der Waals surface area contributed by atoms with Gasteiger partial charge < -0.3 is 4.90 Å². The number of amides is 1. The minimum absolute atomic E-state index is 0.113. The maximum atomic E-state index is 12.2. The first kappa shape index (κ1) is 12.6. The zero-order chi connectivity index (χ0) is 13.9. The number of hydrogen-bond acceptors (Lipinski definition) is 3. The van der Waals surface area contributed by atoms with E-state index in [1.165, 1.54) is 11.1 Å². The quantitative estimate of drug-likeness (QED) is 0.906. The van der Waals surface area contributed by atoms with E-state index in [0.717, 1.165) is 6.42 Å². The van der Waals surface area contributed by atoms with E-state index in [1.807, 2.05) is 18.2 Å². The topological polar surface area (TPSA) is 61.9 Å². The predicted octanol–water partition coefficient (Wildman–Crippen LogP) is 2.04. The van der Waals surface area contributed by atoms with E-state index in [1.54, 1.807) is 11.8 Å². The number of carbonyl (C=O) groups is 1. The first-order chi connectivity index (χ1) is 9.74. The van der Waals surface area contributed by atoms with Crippen molar-refractivity contribution in [3.8, 4) is 0 Å². The Labute approximate surface area is 117 Å². The number of aromatic amines is 1. The Bertz CT molecular complexity index is 645. The van der Waals surface area contributed by atoms with Crippen LogP contribution in [-0.4, -0.2) is 39.1 Å². The summed E-state index contributed by atoms with van der Waals surface area (Å²) >= 11 is 0. The van der Waals surface area contributed by atoms with Crippen LogP contribution in [0.2, 0.25) is 0 Å². The van der Waals surface area contributed by atoms with Crippen molar-refractivity contribution in [2.75, 3.05) is 13.1 Å². The van der Waals surface area contributed by atoms with Crippen LogP contribution in [0.1, 0.15) is 28.4 Å². The van der Waals surface area contributed by atoms with Gasteiger partial charge in [-0.25, -0.2) is 4.98 Å². The van der Waals surface area contributed by atoms with Gasteiger partial charge in [-0.05, 0) is 24.5 Å². The molecule has 1 aliphatic heterocycles. The lowest BCUT2D eigenvalue weighted by molar-refractivity contribution is 0.0761. The second-order valence-corrected chi connectivity index (χ2v) is 4.84. The van der Waals surface area contributed by atoms with Gasteiger partial charge in [0.1, 0.15) is 5.82 Å². The lowest BCUT2D eigenvalue weighted by Crippen LogP contribution is -2.35. The molecule has 0 saturated heterocycles. The Morgan fingerprint density at radius 3 is 2.70 bits per heavy atom. The average Bonchev–Trinajstić information content (AvgIpc) is 2.94. The molecule has 5 nitrogen and oxygen atoms in total. The Kier molecular flexibility index (Phi) is 3.33. The second-order valence-electron chi connectivity index (χ2n) is 4.84. The van der Waals surface area contributed by atoms with Crippen molar-refractivity contribution in [2.45, 2.75) is 13.3 Å². The smallest absolute Gasteiger partial charge is 0.293 e. The van der Waals surface area contributed by atoms with Crippen LogP contribution in [0.25, 0.3) is 5.57 Å². The highest BCUT2D eigenvalue weighted by Crippen LogP contribution is 2.22. The van der Waals surface area contributed by atoms with Crippen molar-refractivity contribution >= 4 is 11.5 Å².